The Morgan fingerprint density at radius 1 is 1.29 bits per heavy atom. The summed E-state index contributed by atoms with van der Waals surface area (Å²) in [7, 11) is 0. The number of fused-ring (bicyclic) bond motifs is 5. The first-order chi connectivity index (χ1) is 13.5. The molecule has 0 amide bonds. The first-order valence-corrected chi connectivity index (χ1v) is 9.21. The molecule has 3 atom stereocenters. The summed E-state index contributed by atoms with van der Waals surface area (Å²) in [6, 6.07) is 8.78. The molecule has 1 saturated carbocycles. The van der Waals surface area contributed by atoms with E-state index in [1.165, 1.54) is 17.1 Å². The van der Waals surface area contributed by atoms with E-state index in [0.29, 0.717) is 17.1 Å². The van der Waals surface area contributed by atoms with Gasteiger partial charge in [0.2, 0.25) is 5.69 Å². The zero-order chi connectivity index (χ0) is 19.6. The highest BCUT2D eigenvalue weighted by atomic mass is 16.5. The van der Waals surface area contributed by atoms with Crippen LogP contribution in [0.15, 0.2) is 64.5 Å². The van der Waals surface area contributed by atoms with Crippen LogP contribution in [0.2, 0.25) is 0 Å². The Bertz CT molecular complexity index is 1220. The largest absolute Gasteiger partial charge is 0.618 e. The average Bonchev–Trinajstić information content (AvgIpc) is 3.30. The first kappa shape index (κ1) is 16.7. The average molecular weight is 377 g/mol. The zero-order valence-corrected chi connectivity index (χ0v) is 15.3. The van der Waals surface area contributed by atoms with Crippen LogP contribution in [0.3, 0.4) is 0 Å². The van der Waals surface area contributed by atoms with Crippen LogP contribution in [0.25, 0.3) is 5.69 Å². The van der Waals surface area contributed by atoms with Crippen molar-refractivity contribution in [3.05, 3.63) is 92.4 Å². The van der Waals surface area contributed by atoms with Crippen molar-refractivity contribution >= 4 is 0 Å². The van der Waals surface area contributed by atoms with Crippen LogP contribution in [-0.2, 0) is 5.54 Å². The second-order valence-corrected chi connectivity index (χ2v) is 7.52. The molecule has 142 valence electrons. The number of hydrogen-bond acceptors (Lipinski definition) is 4. The molecule has 5 rings (SSSR count). The van der Waals surface area contributed by atoms with Crippen LogP contribution >= 0.6 is 0 Å². The van der Waals surface area contributed by atoms with Crippen LogP contribution in [0.4, 0.5) is 0 Å². The molecule has 3 aromatic rings. The van der Waals surface area contributed by atoms with Gasteiger partial charge in [-0.2, -0.15) is 4.73 Å². The maximum Gasteiger partial charge on any atom is 0.352 e. The van der Waals surface area contributed by atoms with Gasteiger partial charge in [-0.05, 0) is 31.9 Å². The number of allylic oxidation sites excluding steroid dienone is 1. The Kier molecular flexibility index (Phi) is 3.31. The lowest BCUT2D eigenvalue weighted by atomic mass is 9.80. The molecule has 3 unspecified atom stereocenters. The van der Waals surface area contributed by atoms with Gasteiger partial charge in [0.15, 0.2) is 6.20 Å². The number of nitrogens with zero attached hydrogens (tertiary/aromatic N) is 4. The number of aromatic nitrogens is 5. The van der Waals surface area contributed by atoms with E-state index in [-0.39, 0.29) is 11.8 Å². The molecule has 8 nitrogen and oxygen atoms in total. The minimum absolute atomic E-state index is 0.189. The van der Waals surface area contributed by atoms with Crippen molar-refractivity contribution < 1.29 is 4.73 Å². The summed E-state index contributed by atoms with van der Waals surface area (Å²) in [6.45, 7) is 6.01. The fourth-order valence-corrected chi connectivity index (χ4v) is 5.27. The normalized spacial score (nSPS) is 25.0. The molecule has 0 radical (unpaired) electrons. The van der Waals surface area contributed by atoms with Crippen LogP contribution in [-0.4, -0.2) is 19.3 Å². The smallest absolute Gasteiger partial charge is 0.352 e. The molecule has 8 heteroatoms. The third-order valence-corrected chi connectivity index (χ3v) is 6.24. The molecule has 0 spiro atoms. The van der Waals surface area contributed by atoms with E-state index in [1.54, 1.807) is 24.3 Å². The van der Waals surface area contributed by atoms with Crippen molar-refractivity contribution in [2.24, 2.45) is 0 Å². The molecule has 0 saturated heterocycles. The maximum absolute atomic E-state index is 13.4. The molecule has 2 bridgehead atoms. The number of aromatic amines is 1. The Morgan fingerprint density at radius 2 is 2.00 bits per heavy atom. The van der Waals surface area contributed by atoms with Crippen LogP contribution < -0.4 is 16.1 Å². The van der Waals surface area contributed by atoms with Crippen molar-refractivity contribution in [1.29, 1.82) is 0 Å². The molecule has 2 heterocycles. The third-order valence-electron chi connectivity index (χ3n) is 6.24. The summed E-state index contributed by atoms with van der Waals surface area (Å²) < 4.78 is 3.33. The monoisotopic (exact) mass is 377 g/mol. The van der Waals surface area contributed by atoms with Crippen LogP contribution in [0, 0.1) is 5.21 Å². The van der Waals surface area contributed by atoms with Gasteiger partial charge >= 0.3 is 11.4 Å². The summed E-state index contributed by atoms with van der Waals surface area (Å²) in [5.74, 6) is -0.456. The highest BCUT2D eigenvalue weighted by molar-refractivity contribution is 5.43. The number of benzene rings is 1. The quantitative estimate of drug-likeness (QED) is 0.422. The molecule has 2 aromatic heterocycles. The van der Waals surface area contributed by atoms with Crippen molar-refractivity contribution in [2.45, 2.75) is 37.1 Å². The van der Waals surface area contributed by atoms with Gasteiger partial charge in [-0.25, -0.2) is 28.9 Å². The zero-order valence-electron chi connectivity index (χ0n) is 15.3. The van der Waals surface area contributed by atoms with Gasteiger partial charge < -0.3 is 5.21 Å². The Balaban J connectivity index is 1.80. The third kappa shape index (κ3) is 1.84. The van der Waals surface area contributed by atoms with Gasteiger partial charge in [0, 0.05) is 5.92 Å². The van der Waals surface area contributed by atoms with Crippen molar-refractivity contribution in [2.75, 3.05) is 0 Å². The fourth-order valence-electron chi connectivity index (χ4n) is 5.27. The van der Waals surface area contributed by atoms with E-state index in [9.17, 15) is 14.8 Å². The van der Waals surface area contributed by atoms with E-state index in [4.69, 9.17) is 0 Å². The Morgan fingerprint density at radius 3 is 2.68 bits per heavy atom. The van der Waals surface area contributed by atoms with E-state index >= 15 is 0 Å². The lowest BCUT2D eigenvalue weighted by molar-refractivity contribution is -0.616. The summed E-state index contributed by atoms with van der Waals surface area (Å²) in [5.41, 5.74) is 0.584. The fraction of sp³-hybridized carbons (Fsp3) is 0.300. The molecule has 1 N–H and O–H groups in total. The molecule has 28 heavy (non-hydrogen) atoms. The number of para-hydroxylation sites is 1. The number of hydrogen-bond donors (Lipinski definition) is 1. The molecular formula is C20H19N5O3. The van der Waals surface area contributed by atoms with E-state index in [0.717, 1.165) is 27.7 Å². The highest BCUT2D eigenvalue weighted by Crippen LogP contribution is 2.63. The predicted molar refractivity (Wildman–Crippen MR) is 101 cm³/mol. The summed E-state index contributed by atoms with van der Waals surface area (Å²) in [5, 5.41) is 15.2. The van der Waals surface area contributed by atoms with E-state index < -0.39 is 16.9 Å². The lowest BCUT2D eigenvalue weighted by Crippen LogP contribution is -2.46. The molecule has 1 aromatic carbocycles. The first-order valence-electron chi connectivity index (χ1n) is 9.21. The van der Waals surface area contributed by atoms with Gasteiger partial charge in [0.05, 0.1) is 17.8 Å². The van der Waals surface area contributed by atoms with Gasteiger partial charge in [0.25, 0.3) is 0 Å². The second-order valence-electron chi connectivity index (χ2n) is 7.52. The number of nitrogens with one attached hydrogen (secondary N) is 1. The van der Waals surface area contributed by atoms with Crippen LogP contribution in [0.1, 0.15) is 43.0 Å². The summed E-state index contributed by atoms with van der Waals surface area (Å²) >= 11 is 0. The molecular weight excluding hydrogens is 358 g/mol. The van der Waals surface area contributed by atoms with Crippen molar-refractivity contribution in [3.8, 4) is 5.69 Å². The predicted octanol–water partition coefficient (Wildman–Crippen LogP) is 1.30. The SMILES string of the molecule is C=C(C)C1(n2[nH]c(=O)n(-c3ccccc3)c2=O)C2CCC1c1c2ncc[n+]1[O-]. The van der Waals surface area contributed by atoms with E-state index in [1.807, 2.05) is 13.0 Å². The topological polar surface area (TPSA) is 99.6 Å². The molecule has 2 aliphatic rings. The summed E-state index contributed by atoms with van der Waals surface area (Å²) in [6.07, 6.45) is 4.36. The minimum atomic E-state index is -0.904. The number of rotatable bonds is 3. The molecule has 2 aliphatic carbocycles. The Labute approximate surface area is 160 Å². The minimum Gasteiger partial charge on any atom is -0.618 e. The summed E-state index contributed by atoms with van der Waals surface area (Å²) in [4.78, 5) is 30.6. The van der Waals surface area contributed by atoms with Gasteiger partial charge in [-0.15, -0.1) is 0 Å². The van der Waals surface area contributed by atoms with Crippen LogP contribution in [0.5, 0.6) is 0 Å². The highest BCUT2D eigenvalue weighted by Gasteiger charge is 2.65. The van der Waals surface area contributed by atoms with Gasteiger partial charge in [-0.3, -0.25) is 0 Å². The van der Waals surface area contributed by atoms with Gasteiger partial charge in [-0.1, -0.05) is 30.4 Å². The standard InChI is InChI=1S/C20H19N5O3/c1-12(2)20(14-8-9-15(20)17-16(14)21-10-11-23(17)28)25-19(27)24(18(26)22-25)13-6-4-3-5-7-13/h3-7,10-11,14-15H,1,8-9H2,2H3,(H,22,26). The van der Waals surface area contributed by atoms with Crippen molar-refractivity contribution in [1.82, 2.24) is 19.3 Å². The maximum atomic E-state index is 13.4. The lowest BCUT2D eigenvalue weighted by Gasteiger charge is -2.34. The van der Waals surface area contributed by atoms with Crippen molar-refractivity contribution in [3.63, 3.8) is 0 Å². The van der Waals surface area contributed by atoms with E-state index in [2.05, 4.69) is 16.7 Å². The second kappa shape index (κ2) is 5.54. The molecule has 1 fully saturated rings. The van der Waals surface area contributed by atoms with Gasteiger partial charge in [0.1, 0.15) is 11.2 Å². The number of H-pyrrole nitrogens is 1. The Hall–Kier alpha value is -3.42. The molecule has 0 aliphatic heterocycles.